The lowest BCUT2D eigenvalue weighted by molar-refractivity contribution is 0.112. The van der Waals surface area contributed by atoms with Gasteiger partial charge in [0.1, 0.15) is 0 Å². The van der Waals surface area contributed by atoms with Crippen LogP contribution in [0, 0.1) is 11.8 Å². The van der Waals surface area contributed by atoms with Crippen molar-refractivity contribution in [2.75, 3.05) is 19.7 Å². The average Bonchev–Trinajstić information content (AvgIpc) is 2.59. The van der Waals surface area contributed by atoms with Crippen molar-refractivity contribution in [2.45, 2.75) is 13.3 Å². The molecule has 1 heterocycles. The maximum Gasteiger partial charge on any atom is 0.409 e. The molecule has 2 fully saturated rings. The Morgan fingerprint density at radius 3 is 2.73 bits per heavy atom. The standard InChI is InChI=1S/C8H13NO2/c1-2-11-8(10)9-4-6-3-7(6)5-9/h6-7H,2-5H2,1H3/t6-,7?/m0/s1. The highest BCUT2D eigenvalue weighted by atomic mass is 16.6. The van der Waals surface area contributed by atoms with E-state index in [0.29, 0.717) is 6.61 Å². The highest BCUT2D eigenvalue weighted by molar-refractivity contribution is 5.68. The van der Waals surface area contributed by atoms with E-state index in [1.807, 2.05) is 11.8 Å². The Labute approximate surface area is 66.3 Å². The molecule has 11 heavy (non-hydrogen) atoms. The average molecular weight is 155 g/mol. The topological polar surface area (TPSA) is 29.5 Å². The number of ether oxygens (including phenoxy) is 1. The first kappa shape index (κ1) is 6.95. The fourth-order valence-electron chi connectivity index (χ4n) is 1.76. The zero-order chi connectivity index (χ0) is 7.84. The zero-order valence-corrected chi connectivity index (χ0v) is 6.75. The van der Waals surface area contributed by atoms with Crippen LogP contribution in [0.2, 0.25) is 0 Å². The second kappa shape index (κ2) is 2.40. The molecule has 62 valence electrons. The lowest BCUT2D eigenvalue weighted by Crippen LogP contribution is -2.30. The van der Waals surface area contributed by atoms with Crippen molar-refractivity contribution in [1.82, 2.24) is 4.90 Å². The summed E-state index contributed by atoms with van der Waals surface area (Å²) in [5.41, 5.74) is 0. The summed E-state index contributed by atoms with van der Waals surface area (Å²) in [5.74, 6) is 1.61. The molecule has 0 spiro atoms. The predicted molar refractivity (Wildman–Crippen MR) is 40.2 cm³/mol. The van der Waals surface area contributed by atoms with Gasteiger partial charge in [-0.2, -0.15) is 0 Å². The maximum absolute atomic E-state index is 11.1. The molecular formula is C8H13NO2. The molecule has 1 amide bonds. The monoisotopic (exact) mass is 155 g/mol. The zero-order valence-electron chi connectivity index (χ0n) is 6.75. The van der Waals surface area contributed by atoms with E-state index in [-0.39, 0.29) is 6.09 Å². The number of hydrogen-bond acceptors (Lipinski definition) is 2. The van der Waals surface area contributed by atoms with Gasteiger partial charge in [-0.3, -0.25) is 0 Å². The largest absolute Gasteiger partial charge is 0.450 e. The summed E-state index contributed by atoms with van der Waals surface area (Å²) in [6.07, 6.45) is 1.20. The molecule has 1 aliphatic carbocycles. The summed E-state index contributed by atoms with van der Waals surface area (Å²) in [5, 5.41) is 0. The van der Waals surface area contributed by atoms with Crippen molar-refractivity contribution in [2.24, 2.45) is 11.8 Å². The first-order valence-corrected chi connectivity index (χ1v) is 4.23. The third-order valence-electron chi connectivity index (χ3n) is 2.50. The van der Waals surface area contributed by atoms with Crippen molar-refractivity contribution in [3.05, 3.63) is 0 Å². The van der Waals surface area contributed by atoms with Crippen LogP contribution in [0.4, 0.5) is 4.79 Å². The van der Waals surface area contributed by atoms with Gasteiger partial charge in [0.05, 0.1) is 6.61 Å². The van der Waals surface area contributed by atoms with Crippen molar-refractivity contribution < 1.29 is 9.53 Å². The van der Waals surface area contributed by atoms with Gasteiger partial charge in [0.2, 0.25) is 0 Å². The van der Waals surface area contributed by atoms with Crippen LogP contribution in [-0.2, 0) is 4.74 Å². The van der Waals surface area contributed by atoms with E-state index in [1.54, 1.807) is 0 Å². The minimum atomic E-state index is -0.125. The van der Waals surface area contributed by atoms with E-state index in [2.05, 4.69) is 0 Å². The van der Waals surface area contributed by atoms with Gasteiger partial charge in [0.25, 0.3) is 0 Å². The fourth-order valence-corrected chi connectivity index (χ4v) is 1.76. The molecule has 2 atom stereocenters. The Hall–Kier alpha value is -0.730. The third-order valence-corrected chi connectivity index (χ3v) is 2.50. The van der Waals surface area contributed by atoms with Gasteiger partial charge in [-0.1, -0.05) is 0 Å². The Bertz CT molecular complexity index is 171. The number of amides is 1. The molecule has 3 nitrogen and oxygen atoms in total. The first-order chi connectivity index (χ1) is 5.31. The van der Waals surface area contributed by atoms with Crippen LogP contribution in [0.5, 0.6) is 0 Å². The Balaban J connectivity index is 1.82. The summed E-state index contributed by atoms with van der Waals surface area (Å²) in [4.78, 5) is 12.9. The highest BCUT2D eigenvalue weighted by Crippen LogP contribution is 2.44. The van der Waals surface area contributed by atoms with Gasteiger partial charge in [-0.15, -0.1) is 0 Å². The number of likely N-dealkylation sites (tertiary alicyclic amines) is 1. The molecule has 0 radical (unpaired) electrons. The number of carbonyl (C=O) groups excluding carboxylic acids is 1. The Morgan fingerprint density at radius 1 is 1.55 bits per heavy atom. The van der Waals surface area contributed by atoms with Gasteiger partial charge in [0.15, 0.2) is 0 Å². The van der Waals surface area contributed by atoms with Gasteiger partial charge in [0, 0.05) is 13.1 Å². The second-order valence-electron chi connectivity index (χ2n) is 3.36. The van der Waals surface area contributed by atoms with E-state index < -0.39 is 0 Å². The summed E-state index contributed by atoms with van der Waals surface area (Å²) in [7, 11) is 0. The minimum Gasteiger partial charge on any atom is -0.450 e. The van der Waals surface area contributed by atoms with Gasteiger partial charge < -0.3 is 9.64 Å². The van der Waals surface area contributed by atoms with Gasteiger partial charge in [-0.05, 0) is 25.2 Å². The molecule has 1 saturated heterocycles. The van der Waals surface area contributed by atoms with Crippen LogP contribution < -0.4 is 0 Å². The highest BCUT2D eigenvalue weighted by Gasteiger charge is 2.46. The first-order valence-electron chi connectivity index (χ1n) is 4.23. The quantitative estimate of drug-likeness (QED) is 0.567. The van der Waals surface area contributed by atoms with E-state index in [4.69, 9.17) is 4.74 Å². The van der Waals surface area contributed by atoms with Crippen LogP contribution in [-0.4, -0.2) is 30.7 Å². The molecule has 3 heteroatoms. The normalized spacial score (nSPS) is 33.4. The number of rotatable bonds is 1. The summed E-state index contributed by atoms with van der Waals surface area (Å²) in [6.45, 7) is 4.20. The summed E-state index contributed by atoms with van der Waals surface area (Å²) >= 11 is 0. The Kier molecular flexibility index (Phi) is 1.51. The number of carbonyl (C=O) groups is 1. The molecule has 2 rings (SSSR count). The van der Waals surface area contributed by atoms with Crippen LogP contribution in [0.25, 0.3) is 0 Å². The maximum atomic E-state index is 11.1. The minimum absolute atomic E-state index is 0.125. The molecule has 0 N–H and O–H groups in total. The molecule has 2 aliphatic rings. The summed E-state index contributed by atoms with van der Waals surface area (Å²) < 4.78 is 4.88. The van der Waals surface area contributed by atoms with Crippen molar-refractivity contribution in [3.63, 3.8) is 0 Å². The van der Waals surface area contributed by atoms with Crippen molar-refractivity contribution in [3.8, 4) is 0 Å². The molecular weight excluding hydrogens is 142 g/mol. The van der Waals surface area contributed by atoms with Crippen molar-refractivity contribution >= 4 is 6.09 Å². The molecule has 1 unspecified atom stereocenters. The fraction of sp³-hybridized carbons (Fsp3) is 0.875. The molecule has 0 aromatic carbocycles. The van der Waals surface area contributed by atoms with Crippen molar-refractivity contribution in [1.29, 1.82) is 0 Å². The summed E-state index contributed by atoms with van der Waals surface area (Å²) in [6, 6.07) is 0. The number of nitrogens with zero attached hydrogens (tertiary/aromatic N) is 1. The van der Waals surface area contributed by atoms with Gasteiger partial charge >= 0.3 is 6.09 Å². The molecule has 0 aromatic heterocycles. The SMILES string of the molecule is CCOC(=O)N1CC2C[C@H]2C1. The van der Waals surface area contributed by atoms with Crippen LogP contribution in [0.15, 0.2) is 0 Å². The van der Waals surface area contributed by atoms with E-state index in [9.17, 15) is 4.79 Å². The molecule has 1 aliphatic heterocycles. The van der Waals surface area contributed by atoms with E-state index >= 15 is 0 Å². The lowest BCUT2D eigenvalue weighted by Gasteiger charge is -2.16. The molecule has 0 bridgehead atoms. The molecule has 1 saturated carbocycles. The lowest BCUT2D eigenvalue weighted by atomic mass is 10.4. The second-order valence-corrected chi connectivity index (χ2v) is 3.36. The van der Waals surface area contributed by atoms with Crippen LogP contribution in [0.3, 0.4) is 0 Å². The smallest absolute Gasteiger partial charge is 0.409 e. The predicted octanol–water partition coefficient (Wildman–Crippen LogP) is 1.09. The van der Waals surface area contributed by atoms with Crippen LogP contribution >= 0.6 is 0 Å². The number of piperidine rings is 1. The van der Waals surface area contributed by atoms with E-state index in [1.165, 1.54) is 6.42 Å². The van der Waals surface area contributed by atoms with E-state index in [0.717, 1.165) is 24.9 Å². The van der Waals surface area contributed by atoms with Gasteiger partial charge in [-0.25, -0.2) is 4.79 Å². The third kappa shape index (κ3) is 1.19. The molecule has 0 aromatic rings. The van der Waals surface area contributed by atoms with Crippen LogP contribution in [0.1, 0.15) is 13.3 Å². The Morgan fingerprint density at radius 2 is 2.18 bits per heavy atom. The number of hydrogen-bond donors (Lipinski definition) is 0. The number of fused-ring (bicyclic) bond motifs is 1.